The van der Waals surface area contributed by atoms with Gasteiger partial charge in [-0.3, -0.25) is 9.59 Å². The van der Waals surface area contributed by atoms with E-state index >= 15 is 0 Å². The van der Waals surface area contributed by atoms with Crippen molar-refractivity contribution in [2.75, 3.05) is 19.0 Å². The molecular weight excluding hydrogens is 397 g/mol. The van der Waals surface area contributed by atoms with E-state index in [1.807, 2.05) is 14.1 Å². The predicted molar refractivity (Wildman–Crippen MR) is 119 cm³/mol. The molecule has 0 unspecified atom stereocenters. The Labute approximate surface area is 177 Å². The van der Waals surface area contributed by atoms with Gasteiger partial charge in [0.05, 0.1) is 16.6 Å². The second-order valence-electron chi connectivity index (χ2n) is 8.12. The Bertz CT molecular complexity index is 1360. The summed E-state index contributed by atoms with van der Waals surface area (Å²) in [4.78, 5) is 39.1. The van der Waals surface area contributed by atoms with Crippen LogP contribution in [0.4, 0.5) is 10.3 Å². The Morgan fingerprint density at radius 2 is 1.74 bits per heavy atom. The average molecular weight is 419 g/mol. The van der Waals surface area contributed by atoms with Gasteiger partial charge in [-0.2, -0.15) is 0 Å². The molecule has 0 aliphatic rings. The van der Waals surface area contributed by atoms with Crippen molar-refractivity contribution < 1.29 is 9.18 Å². The van der Waals surface area contributed by atoms with E-state index in [1.165, 1.54) is 6.07 Å². The quantitative estimate of drug-likeness (QED) is 0.495. The molecule has 2 heterocycles. The number of halogens is 1. The molecule has 0 atom stereocenters. The number of hydrogen-bond donors (Lipinski definition) is 2. The molecule has 0 aliphatic carbocycles. The lowest BCUT2D eigenvalue weighted by molar-refractivity contribution is 0.0908. The topological polar surface area (TPSA) is 91.0 Å². The van der Waals surface area contributed by atoms with Gasteiger partial charge in [0.25, 0.3) is 5.91 Å². The summed E-state index contributed by atoms with van der Waals surface area (Å²) in [5, 5.41) is 3.49. The molecule has 8 heteroatoms. The maximum atomic E-state index is 14.8. The molecule has 1 amide bonds. The molecule has 2 aromatic carbocycles. The van der Waals surface area contributed by atoms with Crippen LogP contribution in [0.15, 0.2) is 53.6 Å². The summed E-state index contributed by atoms with van der Waals surface area (Å²) in [5.74, 6) is -0.821. The summed E-state index contributed by atoms with van der Waals surface area (Å²) in [5.41, 5.74) is 0.404. The predicted octanol–water partition coefficient (Wildman–Crippen LogP) is 3.34. The monoisotopic (exact) mass is 419 g/mol. The summed E-state index contributed by atoms with van der Waals surface area (Å²) in [6, 6.07) is 9.47. The highest BCUT2D eigenvalue weighted by molar-refractivity contribution is 6.00. The largest absolute Gasteiger partial charge is 0.354 e. The first kappa shape index (κ1) is 20.5. The number of hydrogen-bond acceptors (Lipinski definition) is 5. The van der Waals surface area contributed by atoms with Gasteiger partial charge in [-0.15, -0.1) is 0 Å². The number of rotatable bonds is 4. The zero-order valence-corrected chi connectivity index (χ0v) is 17.7. The first-order chi connectivity index (χ1) is 14.7. The van der Waals surface area contributed by atoms with E-state index in [9.17, 15) is 14.0 Å². The number of nitrogens with one attached hydrogen (secondary N) is 2. The van der Waals surface area contributed by atoms with Crippen LogP contribution in [0.1, 0.15) is 29.8 Å². The molecule has 2 aromatic heterocycles. The molecule has 4 aromatic rings. The fourth-order valence-corrected chi connectivity index (χ4v) is 3.42. The van der Waals surface area contributed by atoms with Crippen molar-refractivity contribution in [3.8, 4) is 0 Å². The van der Waals surface area contributed by atoms with Crippen LogP contribution < -0.4 is 15.6 Å². The number of pyridine rings is 1. The molecule has 0 spiro atoms. The Kier molecular flexibility index (Phi) is 4.93. The Morgan fingerprint density at radius 1 is 1.06 bits per heavy atom. The van der Waals surface area contributed by atoms with Crippen LogP contribution in [-0.4, -0.2) is 35.0 Å². The molecule has 31 heavy (non-hydrogen) atoms. The number of anilines is 1. The molecule has 0 fully saturated rings. The number of nitrogens with zero attached hydrogens (tertiary/aromatic N) is 3. The lowest BCUT2D eigenvalue weighted by Gasteiger charge is -2.26. The van der Waals surface area contributed by atoms with Crippen LogP contribution in [-0.2, 0) is 5.54 Å². The normalized spacial score (nSPS) is 11.6. The second-order valence-corrected chi connectivity index (χ2v) is 8.12. The molecule has 0 saturated carbocycles. The Hall–Kier alpha value is -3.81. The molecule has 7 nitrogen and oxygen atoms in total. The van der Waals surface area contributed by atoms with Gasteiger partial charge in [0.1, 0.15) is 5.82 Å². The van der Waals surface area contributed by atoms with Crippen molar-refractivity contribution in [2.24, 2.45) is 0 Å². The highest BCUT2D eigenvalue weighted by Gasteiger charge is 2.26. The molecule has 0 aliphatic heterocycles. The molecule has 4 rings (SSSR count). The van der Waals surface area contributed by atoms with Crippen LogP contribution in [0.25, 0.3) is 21.8 Å². The minimum atomic E-state index is -0.847. The maximum absolute atomic E-state index is 14.8. The van der Waals surface area contributed by atoms with Crippen LogP contribution in [0.3, 0.4) is 0 Å². The van der Waals surface area contributed by atoms with Gasteiger partial charge in [0.2, 0.25) is 5.95 Å². The summed E-state index contributed by atoms with van der Waals surface area (Å²) >= 11 is 0. The van der Waals surface area contributed by atoms with Crippen molar-refractivity contribution >= 4 is 33.7 Å². The highest BCUT2D eigenvalue weighted by atomic mass is 19.1. The zero-order chi connectivity index (χ0) is 22.3. The zero-order valence-electron chi connectivity index (χ0n) is 17.7. The van der Waals surface area contributed by atoms with E-state index < -0.39 is 17.3 Å². The third kappa shape index (κ3) is 3.72. The first-order valence-electron chi connectivity index (χ1n) is 9.74. The number of aromatic nitrogens is 3. The number of benzene rings is 2. The summed E-state index contributed by atoms with van der Waals surface area (Å²) in [6.07, 6.45) is 3.26. The fraction of sp³-hybridized carbons (Fsp3) is 0.217. The third-order valence-corrected chi connectivity index (χ3v) is 5.22. The molecule has 0 bridgehead atoms. The molecule has 2 N–H and O–H groups in total. The van der Waals surface area contributed by atoms with Crippen LogP contribution >= 0.6 is 0 Å². The van der Waals surface area contributed by atoms with Crippen molar-refractivity contribution in [3.63, 3.8) is 0 Å². The summed E-state index contributed by atoms with van der Waals surface area (Å²) < 4.78 is 14.8. The molecule has 158 valence electrons. The van der Waals surface area contributed by atoms with E-state index in [0.717, 1.165) is 6.07 Å². The van der Waals surface area contributed by atoms with Crippen molar-refractivity contribution in [1.29, 1.82) is 0 Å². The number of fused-ring (bicyclic) bond motifs is 2. The number of H-pyrrole nitrogens is 1. The van der Waals surface area contributed by atoms with Gasteiger partial charge >= 0.3 is 0 Å². The Balaban J connectivity index is 1.70. The molecule has 0 saturated heterocycles. The minimum Gasteiger partial charge on any atom is -0.354 e. The van der Waals surface area contributed by atoms with Gasteiger partial charge in [-0.05, 0) is 38.1 Å². The summed E-state index contributed by atoms with van der Waals surface area (Å²) in [6.45, 7) is 3.57. The number of para-hydroxylation sites is 1. The van der Waals surface area contributed by atoms with Crippen LogP contribution in [0, 0.1) is 5.82 Å². The standard InChI is InChI=1S/C23H22FN5O2/c1-23(2,13-11-25-22(26-12-13)29(3)4)28-21(31)15-10-19-16(9-17(15)24)20(30)14-7-5-6-8-18(14)27-19/h5-12H,1-4H3,(H,27,30)(H,28,31). The molecular formula is C23H22FN5O2. The van der Waals surface area contributed by atoms with E-state index in [4.69, 9.17) is 0 Å². The SMILES string of the molecule is CN(C)c1ncc(C(C)(C)NC(=O)c2cc3[nH]c4ccccc4c(=O)c3cc2F)cn1. The lowest BCUT2D eigenvalue weighted by Crippen LogP contribution is -2.41. The first-order valence-corrected chi connectivity index (χ1v) is 9.74. The smallest absolute Gasteiger partial charge is 0.255 e. The number of amides is 1. The Morgan fingerprint density at radius 3 is 2.42 bits per heavy atom. The van der Waals surface area contributed by atoms with Crippen LogP contribution in [0.2, 0.25) is 0 Å². The van der Waals surface area contributed by atoms with E-state index in [-0.39, 0.29) is 16.4 Å². The number of carbonyl (C=O) groups is 1. The van der Waals surface area contributed by atoms with Crippen molar-refractivity contribution in [2.45, 2.75) is 19.4 Å². The van der Waals surface area contributed by atoms with E-state index in [1.54, 1.807) is 55.4 Å². The fourth-order valence-electron chi connectivity index (χ4n) is 3.42. The summed E-state index contributed by atoms with van der Waals surface area (Å²) in [7, 11) is 3.66. The molecule has 0 radical (unpaired) electrons. The van der Waals surface area contributed by atoms with E-state index in [2.05, 4.69) is 20.3 Å². The second kappa shape index (κ2) is 7.46. The minimum absolute atomic E-state index is 0.155. The van der Waals surface area contributed by atoms with Gasteiger partial charge in [-0.1, -0.05) is 12.1 Å². The van der Waals surface area contributed by atoms with Gasteiger partial charge in [0, 0.05) is 48.3 Å². The number of aromatic amines is 1. The third-order valence-electron chi connectivity index (χ3n) is 5.22. The average Bonchev–Trinajstić information content (AvgIpc) is 2.74. The van der Waals surface area contributed by atoms with Gasteiger partial charge in [0.15, 0.2) is 5.43 Å². The van der Waals surface area contributed by atoms with Crippen molar-refractivity contribution in [1.82, 2.24) is 20.3 Å². The lowest BCUT2D eigenvalue weighted by atomic mass is 9.96. The van der Waals surface area contributed by atoms with Gasteiger partial charge < -0.3 is 15.2 Å². The maximum Gasteiger partial charge on any atom is 0.255 e. The van der Waals surface area contributed by atoms with Gasteiger partial charge in [-0.25, -0.2) is 14.4 Å². The van der Waals surface area contributed by atoms with Crippen LogP contribution in [0.5, 0.6) is 0 Å². The highest BCUT2D eigenvalue weighted by Crippen LogP contribution is 2.23. The van der Waals surface area contributed by atoms with Crippen molar-refractivity contribution in [3.05, 3.63) is 76.0 Å². The van der Waals surface area contributed by atoms with E-state index in [0.29, 0.717) is 27.9 Å². The number of carbonyl (C=O) groups excluding carboxylic acids is 1.